The molecule has 1 aromatic heterocycles. The van der Waals surface area contributed by atoms with Crippen molar-refractivity contribution >= 4 is 28.9 Å². The van der Waals surface area contributed by atoms with Crippen LogP contribution in [-0.2, 0) is 21.4 Å². The lowest BCUT2D eigenvalue weighted by atomic mass is 10.1. The van der Waals surface area contributed by atoms with Crippen molar-refractivity contribution in [2.24, 2.45) is 12.8 Å². The number of imidazole rings is 1. The molecule has 0 aliphatic carbocycles. The van der Waals surface area contributed by atoms with Gasteiger partial charge in [-0.2, -0.15) is 0 Å². The number of fused-ring (bicyclic) bond motifs is 1. The Bertz CT molecular complexity index is 1070. The van der Waals surface area contributed by atoms with Gasteiger partial charge in [-0.15, -0.1) is 0 Å². The number of piperidine rings is 1. The standard InChI is InChI=1S/C22H29N5O4/c1-25-19-13-15(3-2-10-26-11-12-31-16(14-26)8-9-23)4-5-17(19)27(22(25)30)18-6-7-20(28)24-21(18)29/h2-5,13,16,18H,6-12,14,23H2,1H3,(H,24,28,29)/b3-2+/t16-,18?/m1/s1. The van der Waals surface area contributed by atoms with E-state index in [2.05, 4.69) is 16.3 Å². The van der Waals surface area contributed by atoms with Crippen LogP contribution in [0.2, 0.25) is 0 Å². The number of hydrogen-bond donors (Lipinski definition) is 2. The van der Waals surface area contributed by atoms with Crippen molar-refractivity contribution < 1.29 is 14.3 Å². The van der Waals surface area contributed by atoms with Crippen LogP contribution < -0.4 is 16.7 Å². The molecule has 0 radical (unpaired) electrons. The minimum atomic E-state index is -0.668. The maximum atomic E-state index is 12.8. The van der Waals surface area contributed by atoms with Gasteiger partial charge in [-0.25, -0.2) is 4.79 Å². The van der Waals surface area contributed by atoms with Crippen LogP contribution in [0.3, 0.4) is 0 Å². The number of amides is 2. The molecule has 0 saturated carbocycles. The molecule has 2 saturated heterocycles. The van der Waals surface area contributed by atoms with Crippen LogP contribution >= 0.6 is 0 Å². The Balaban J connectivity index is 1.52. The Kier molecular flexibility index (Phi) is 6.35. The number of aryl methyl sites for hydroxylation is 1. The molecule has 3 N–H and O–H groups in total. The summed E-state index contributed by atoms with van der Waals surface area (Å²) < 4.78 is 8.77. The summed E-state index contributed by atoms with van der Waals surface area (Å²) in [5, 5.41) is 2.33. The van der Waals surface area contributed by atoms with Crippen LogP contribution in [0.15, 0.2) is 29.1 Å². The van der Waals surface area contributed by atoms with Gasteiger partial charge in [0.25, 0.3) is 0 Å². The molecular formula is C22H29N5O4. The van der Waals surface area contributed by atoms with Gasteiger partial charge in [-0.3, -0.25) is 28.9 Å². The molecule has 3 heterocycles. The number of ether oxygens (including phenoxy) is 1. The average molecular weight is 428 g/mol. The van der Waals surface area contributed by atoms with Gasteiger partial charge >= 0.3 is 5.69 Å². The average Bonchev–Trinajstić information content (AvgIpc) is 2.99. The first-order valence-electron chi connectivity index (χ1n) is 10.7. The highest BCUT2D eigenvalue weighted by Crippen LogP contribution is 2.24. The molecule has 2 aromatic rings. The summed E-state index contributed by atoms with van der Waals surface area (Å²) in [6.07, 6.45) is 5.78. The second kappa shape index (κ2) is 9.17. The third kappa shape index (κ3) is 4.48. The van der Waals surface area contributed by atoms with E-state index in [9.17, 15) is 14.4 Å². The molecule has 1 unspecified atom stereocenters. The fourth-order valence-corrected chi connectivity index (χ4v) is 4.36. The zero-order chi connectivity index (χ0) is 22.0. The number of nitrogens with two attached hydrogens (primary N) is 1. The quantitative estimate of drug-likeness (QED) is 0.645. The van der Waals surface area contributed by atoms with Gasteiger partial charge in [0.1, 0.15) is 6.04 Å². The van der Waals surface area contributed by atoms with E-state index >= 15 is 0 Å². The van der Waals surface area contributed by atoms with Gasteiger partial charge in [-0.1, -0.05) is 18.2 Å². The topological polar surface area (TPSA) is 112 Å². The van der Waals surface area contributed by atoms with Crippen molar-refractivity contribution in [3.05, 3.63) is 40.3 Å². The van der Waals surface area contributed by atoms with Crippen LogP contribution in [0, 0.1) is 0 Å². The first-order valence-corrected chi connectivity index (χ1v) is 10.7. The van der Waals surface area contributed by atoms with Gasteiger partial charge < -0.3 is 10.5 Å². The molecular weight excluding hydrogens is 398 g/mol. The molecule has 2 aliphatic rings. The first-order chi connectivity index (χ1) is 15.0. The zero-order valence-electron chi connectivity index (χ0n) is 17.8. The van der Waals surface area contributed by atoms with Crippen molar-refractivity contribution in [1.82, 2.24) is 19.4 Å². The predicted octanol–water partition coefficient (Wildman–Crippen LogP) is 0.381. The molecule has 0 spiro atoms. The van der Waals surface area contributed by atoms with Crippen molar-refractivity contribution in [3.63, 3.8) is 0 Å². The lowest BCUT2D eigenvalue weighted by Gasteiger charge is -2.32. The smallest absolute Gasteiger partial charge is 0.329 e. The summed E-state index contributed by atoms with van der Waals surface area (Å²) >= 11 is 0. The van der Waals surface area contributed by atoms with E-state index in [0.717, 1.165) is 43.7 Å². The van der Waals surface area contributed by atoms with Crippen molar-refractivity contribution in [2.45, 2.75) is 31.4 Å². The van der Waals surface area contributed by atoms with Crippen LogP contribution in [0.25, 0.3) is 17.1 Å². The van der Waals surface area contributed by atoms with Gasteiger partial charge in [-0.05, 0) is 37.1 Å². The Morgan fingerprint density at radius 1 is 1.26 bits per heavy atom. The molecule has 9 nitrogen and oxygen atoms in total. The van der Waals surface area contributed by atoms with Crippen molar-refractivity contribution in [2.75, 3.05) is 32.8 Å². The first kappa shape index (κ1) is 21.5. The number of imide groups is 1. The Morgan fingerprint density at radius 2 is 2.10 bits per heavy atom. The summed E-state index contributed by atoms with van der Waals surface area (Å²) in [5.74, 6) is -0.718. The van der Waals surface area contributed by atoms with Crippen LogP contribution in [-0.4, -0.2) is 64.7 Å². The number of carbonyl (C=O) groups excluding carboxylic acids is 2. The van der Waals surface area contributed by atoms with E-state index in [0.29, 0.717) is 18.5 Å². The maximum absolute atomic E-state index is 12.8. The molecule has 1 aromatic carbocycles. The molecule has 0 bridgehead atoms. The number of aromatic nitrogens is 2. The maximum Gasteiger partial charge on any atom is 0.329 e. The third-order valence-electron chi connectivity index (χ3n) is 6.02. The Morgan fingerprint density at radius 3 is 2.87 bits per heavy atom. The highest BCUT2D eigenvalue weighted by Gasteiger charge is 2.31. The lowest BCUT2D eigenvalue weighted by molar-refractivity contribution is -0.135. The van der Waals surface area contributed by atoms with Crippen molar-refractivity contribution in [3.8, 4) is 0 Å². The molecule has 2 aliphatic heterocycles. The summed E-state index contributed by atoms with van der Waals surface area (Å²) in [6.45, 7) is 3.95. The van der Waals surface area contributed by atoms with E-state index in [-0.39, 0.29) is 24.1 Å². The van der Waals surface area contributed by atoms with E-state index in [1.54, 1.807) is 11.6 Å². The van der Waals surface area contributed by atoms with E-state index in [4.69, 9.17) is 10.5 Å². The fraction of sp³-hybridized carbons (Fsp3) is 0.500. The zero-order valence-corrected chi connectivity index (χ0v) is 17.8. The molecule has 2 fully saturated rings. The highest BCUT2D eigenvalue weighted by molar-refractivity contribution is 6.00. The minimum Gasteiger partial charge on any atom is -0.376 e. The van der Waals surface area contributed by atoms with E-state index in [1.165, 1.54) is 4.57 Å². The number of rotatable bonds is 6. The molecule has 2 atom stereocenters. The van der Waals surface area contributed by atoms with Crippen LogP contribution in [0.1, 0.15) is 30.9 Å². The third-order valence-corrected chi connectivity index (χ3v) is 6.02. The van der Waals surface area contributed by atoms with Crippen LogP contribution in [0.4, 0.5) is 0 Å². The normalized spacial score (nSPS) is 23.0. The number of morpholine rings is 1. The minimum absolute atomic E-state index is 0.199. The van der Waals surface area contributed by atoms with Gasteiger partial charge in [0.2, 0.25) is 11.8 Å². The molecule has 2 amide bonds. The fourth-order valence-electron chi connectivity index (χ4n) is 4.36. The second-order valence-corrected chi connectivity index (χ2v) is 8.16. The van der Waals surface area contributed by atoms with Gasteiger partial charge in [0.05, 0.1) is 23.7 Å². The molecule has 9 heteroatoms. The summed E-state index contributed by atoms with van der Waals surface area (Å²) in [5.41, 5.74) is 7.81. The SMILES string of the molecule is Cn1c(=O)n(C2CCC(=O)NC2=O)c2ccc(/C=C/CN3CCO[C@H](CCN)C3)cc21. The van der Waals surface area contributed by atoms with Gasteiger partial charge in [0, 0.05) is 33.1 Å². The summed E-state index contributed by atoms with van der Waals surface area (Å²) in [4.78, 5) is 39.0. The Labute approximate surface area is 180 Å². The summed E-state index contributed by atoms with van der Waals surface area (Å²) in [7, 11) is 1.70. The number of benzene rings is 1. The number of nitrogens with zero attached hydrogens (tertiary/aromatic N) is 3. The molecule has 4 rings (SSSR count). The monoisotopic (exact) mass is 427 g/mol. The van der Waals surface area contributed by atoms with Crippen LogP contribution in [0.5, 0.6) is 0 Å². The predicted molar refractivity (Wildman–Crippen MR) is 117 cm³/mol. The molecule has 166 valence electrons. The van der Waals surface area contributed by atoms with E-state index in [1.807, 2.05) is 24.3 Å². The largest absolute Gasteiger partial charge is 0.376 e. The lowest BCUT2D eigenvalue weighted by Crippen LogP contribution is -2.44. The molecule has 31 heavy (non-hydrogen) atoms. The van der Waals surface area contributed by atoms with Crippen molar-refractivity contribution in [1.29, 1.82) is 0 Å². The van der Waals surface area contributed by atoms with E-state index < -0.39 is 11.9 Å². The second-order valence-electron chi connectivity index (χ2n) is 8.16. The Hall–Kier alpha value is -2.75. The number of carbonyl (C=O) groups is 2. The number of hydrogen-bond acceptors (Lipinski definition) is 6. The highest BCUT2D eigenvalue weighted by atomic mass is 16.5. The number of nitrogens with one attached hydrogen (secondary N) is 1. The summed E-state index contributed by atoms with van der Waals surface area (Å²) in [6, 6.07) is 5.09. The van der Waals surface area contributed by atoms with Gasteiger partial charge in [0.15, 0.2) is 0 Å².